The van der Waals surface area contributed by atoms with Crippen LogP contribution in [-0.2, 0) is 0 Å². The van der Waals surface area contributed by atoms with E-state index in [0.717, 1.165) is 98.7 Å². The molecular weight excluding hydrogens is 604 g/mol. The summed E-state index contributed by atoms with van der Waals surface area (Å²) in [5.74, 6) is 1.75. The summed E-state index contributed by atoms with van der Waals surface area (Å²) in [6.45, 7) is 0. The van der Waals surface area contributed by atoms with Crippen molar-refractivity contribution in [1.82, 2.24) is 19.5 Å². The normalized spacial score (nSPS) is 12.5. The highest BCUT2D eigenvalue weighted by Gasteiger charge is 2.30. The summed E-state index contributed by atoms with van der Waals surface area (Å²) in [5, 5.41) is 8.96. The largest absolute Gasteiger partial charge is 0.456 e. The number of fused-ring (bicyclic) bond motifs is 6. The first-order valence-electron chi connectivity index (χ1n) is 16.4. The summed E-state index contributed by atoms with van der Waals surface area (Å²) >= 11 is 0. The zero-order valence-electron chi connectivity index (χ0n) is 25.8. The Hall–Kier alpha value is -6.79. The highest BCUT2D eigenvalue weighted by Crippen LogP contribution is 2.53. The van der Waals surface area contributed by atoms with Crippen LogP contribution in [0.1, 0.15) is 0 Å². The van der Waals surface area contributed by atoms with E-state index in [1.54, 1.807) is 0 Å². The van der Waals surface area contributed by atoms with Crippen molar-refractivity contribution in [1.29, 1.82) is 0 Å². The van der Waals surface area contributed by atoms with Gasteiger partial charge in [-0.25, -0.2) is 4.98 Å². The summed E-state index contributed by atoms with van der Waals surface area (Å²) in [6.07, 6.45) is 0. The van der Waals surface area contributed by atoms with Gasteiger partial charge >= 0.3 is 0 Å². The molecular formula is C43H22N4O2. The van der Waals surface area contributed by atoms with Crippen molar-refractivity contribution in [2.45, 2.75) is 0 Å². The minimum absolute atomic E-state index is 0.533. The molecule has 1 aliphatic rings. The predicted molar refractivity (Wildman–Crippen MR) is 196 cm³/mol. The third-order valence-corrected chi connectivity index (χ3v) is 10.2. The van der Waals surface area contributed by atoms with Gasteiger partial charge in [0.15, 0.2) is 17.2 Å². The lowest BCUT2D eigenvalue weighted by Gasteiger charge is -2.11. The van der Waals surface area contributed by atoms with E-state index in [1.807, 2.05) is 60.7 Å². The molecule has 6 heteroatoms. The van der Waals surface area contributed by atoms with Crippen LogP contribution in [0.15, 0.2) is 142 Å². The van der Waals surface area contributed by atoms with Crippen LogP contribution in [0, 0.1) is 0 Å². The van der Waals surface area contributed by atoms with Gasteiger partial charge in [0.05, 0.1) is 5.52 Å². The Labute approximate surface area is 277 Å². The average molecular weight is 627 g/mol. The van der Waals surface area contributed by atoms with Crippen molar-refractivity contribution >= 4 is 76.5 Å². The minimum atomic E-state index is 0.533. The van der Waals surface area contributed by atoms with Gasteiger partial charge in [0.2, 0.25) is 5.95 Å². The second-order valence-corrected chi connectivity index (χ2v) is 12.7. The molecule has 0 saturated carbocycles. The van der Waals surface area contributed by atoms with Gasteiger partial charge in [-0.1, -0.05) is 103 Å². The van der Waals surface area contributed by atoms with Gasteiger partial charge in [0, 0.05) is 48.8 Å². The van der Waals surface area contributed by atoms with Crippen LogP contribution in [0.5, 0.6) is 0 Å². The SMILES string of the molecule is c1ccc(-c2nc(-c3ccccc3)nc(-n3c4ccccc4c4c5ccc6oc7cccc8c7c6c5c5c(oc6cccc-8c65)c43)n2)cc1. The minimum Gasteiger partial charge on any atom is -0.456 e. The van der Waals surface area contributed by atoms with Crippen LogP contribution in [0.25, 0.3) is 116 Å². The molecule has 0 bridgehead atoms. The Balaban J connectivity index is 1.33. The van der Waals surface area contributed by atoms with E-state index in [9.17, 15) is 0 Å². The molecule has 0 N–H and O–H groups in total. The van der Waals surface area contributed by atoms with Crippen LogP contribution < -0.4 is 0 Å². The lowest BCUT2D eigenvalue weighted by molar-refractivity contribution is 0.669. The fourth-order valence-corrected chi connectivity index (χ4v) is 8.21. The highest BCUT2D eigenvalue weighted by molar-refractivity contribution is 6.44. The topological polar surface area (TPSA) is 69.9 Å². The molecule has 0 aliphatic heterocycles. The van der Waals surface area contributed by atoms with Gasteiger partial charge in [-0.15, -0.1) is 0 Å². The Morgan fingerprint density at radius 2 is 1.02 bits per heavy atom. The van der Waals surface area contributed by atoms with Crippen molar-refractivity contribution in [2.24, 2.45) is 0 Å². The van der Waals surface area contributed by atoms with E-state index in [2.05, 4.69) is 77.4 Å². The van der Waals surface area contributed by atoms with Gasteiger partial charge in [0.1, 0.15) is 22.3 Å². The number of hydrogen-bond acceptors (Lipinski definition) is 5. The molecule has 0 unspecified atom stereocenters. The molecule has 0 fully saturated rings. The van der Waals surface area contributed by atoms with E-state index in [4.69, 9.17) is 23.8 Å². The van der Waals surface area contributed by atoms with Crippen molar-refractivity contribution < 1.29 is 8.83 Å². The molecule has 226 valence electrons. The standard InChI is InChI=1S/C43H22N4O2/c1-3-11-23(12-4-1)41-44-42(24-13-5-2-6-14-24)46-43(45-41)47-29-18-8-7-15-27(29)33-28-21-22-32-37-34-25(16-9-19-30(34)48-32)26-17-10-20-31-35(26)38(36(28)37)40(49-31)39(33)47/h1-22H. The van der Waals surface area contributed by atoms with Gasteiger partial charge in [-0.2, -0.15) is 9.97 Å². The van der Waals surface area contributed by atoms with Crippen molar-refractivity contribution in [2.75, 3.05) is 0 Å². The third kappa shape index (κ3) is 3.18. The van der Waals surface area contributed by atoms with Gasteiger partial charge < -0.3 is 8.83 Å². The molecule has 0 atom stereocenters. The highest BCUT2D eigenvalue weighted by atomic mass is 16.3. The monoisotopic (exact) mass is 626 g/mol. The van der Waals surface area contributed by atoms with Crippen molar-refractivity contribution in [3.05, 3.63) is 133 Å². The first-order chi connectivity index (χ1) is 24.3. The summed E-state index contributed by atoms with van der Waals surface area (Å²) in [7, 11) is 0. The third-order valence-electron chi connectivity index (χ3n) is 10.2. The van der Waals surface area contributed by atoms with Crippen LogP contribution >= 0.6 is 0 Å². The maximum atomic E-state index is 7.00. The summed E-state index contributed by atoms with van der Waals surface area (Å²) < 4.78 is 15.7. The molecule has 11 aromatic rings. The molecule has 4 aromatic heterocycles. The van der Waals surface area contributed by atoms with Crippen LogP contribution in [0.3, 0.4) is 0 Å². The number of aromatic nitrogens is 4. The molecule has 7 aromatic carbocycles. The first kappa shape index (κ1) is 25.3. The van der Waals surface area contributed by atoms with E-state index >= 15 is 0 Å². The van der Waals surface area contributed by atoms with Crippen molar-refractivity contribution in [3.8, 4) is 39.9 Å². The Morgan fingerprint density at radius 3 is 1.73 bits per heavy atom. The molecule has 0 radical (unpaired) electrons. The summed E-state index contributed by atoms with van der Waals surface area (Å²) in [5.41, 5.74) is 9.47. The Kier molecular flexibility index (Phi) is 4.63. The van der Waals surface area contributed by atoms with Gasteiger partial charge in [-0.05, 0) is 46.8 Å². The van der Waals surface area contributed by atoms with E-state index in [-0.39, 0.29) is 0 Å². The fourth-order valence-electron chi connectivity index (χ4n) is 8.21. The number of para-hydroxylation sites is 1. The molecule has 12 rings (SSSR count). The molecule has 0 saturated heterocycles. The van der Waals surface area contributed by atoms with Crippen molar-refractivity contribution in [3.63, 3.8) is 0 Å². The Morgan fingerprint density at radius 1 is 0.408 bits per heavy atom. The maximum Gasteiger partial charge on any atom is 0.238 e. The van der Waals surface area contributed by atoms with Crippen LogP contribution in [0.2, 0.25) is 0 Å². The van der Waals surface area contributed by atoms with E-state index in [1.165, 1.54) is 0 Å². The predicted octanol–water partition coefficient (Wildman–Crippen LogP) is 11.2. The first-order valence-corrected chi connectivity index (χ1v) is 16.4. The molecule has 49 heavy (non-hydrogen) atoms. The maximum absolute atomic E-state index is 7.00. The summed E-state index contributed by atoms with van der Waals surface area (Å²) in [4.78, 5) is 15.4. The van der Waals surface area contributed by atoms with Gasteiger partial charge in [0.25, 0.3) is 0 Å². The fraction of sp³-hybridized carbons (Fsp3) is 0. The van der Waals surface area contributed by atoms with Gasteiger partial charge in [-0.3, -0.25) is 4.57 Å². The number of rotatable bonds is 3. The average Bonchev–Trinajstić information content (AvgIpc) is 3.82. The number of nitrogens with zero attached hydrogens (tertiary/aromatic N) is 4. The summed E-state index contributed by atoms with van der Waals surface area (Å²) in [6, 6.07) is 45.7. The lowest BCUT2D eigenvalue weighted by Crippen LogP contribution is -2.06. The van der Waals surface area contributed by atoms with Crippen LogP contribution in [0.4, 0.5) is 0 Å². The second kappa shape index (κ2) is 8.97. The zero-order valence-corrected chi connectivity index (χ0v) is 25.8. The number of hydrogen-bond donors (Lipinski definition) is 0. The number of furan rings is 2. The molecule has 4 heterocycles. The molecule has 0 spiro atoms. The molecule has 6 nitrogen and oxygen atoms in total. The smallest absolute Gasteiger partial charge is 0.238 e. The van der Waals surface area contributed by atoms with E-state index in [0.29, 0.717) is 17.6 Å². The Bertz CT molecular complexity index is 3150. The van der Waals surface area contributed by atoms with E-state index < -0.39 is 0 Å². The second-order valence-electron chi connectivity index (χ2n) is 12.7. The number of benzene rings is 7. The molecule has 0 amide bonds. The quantitative estimate of drug-likeness (QED) is 0.195. The zero-order chi connectivity index (χ0) is 31.8. The lowest BCUT2D eigenvalue weighted by atomic mass is 9.96. The van der Waals surface area contributed by atoms with Crippen LogP contribution in [-0.4, -0.2) is 19.5 Å². The molecule has 1 aliphatic carbocycles.